The number of carbonyl (C=O) groups is 1. The van der Waals surface area contributed by atoms with E-state index in [1.807, 2.05) is 11.8 Å². The van der Waals surface area contributed by atoms with Gasteiger partial charge in [0.15, 0.2) is 9.84 Å². The summed E-state index contributed by atoms with van der Waals surface area (Å²) in [5, 5.41) is 2.77. The fourth-order valence-electron chi connectivity index (χ4n) is 4.38. The molecule has 2 aromatic carbocycles. The number of amides is 1. The molecule has 4 rings (SSSR count). The van der Waals surface area contributed by atoms with Crippen molar-refractivity contribution in [1.29, 1.82) is 0 Å². The number of hydrogen-bond donors (Lipinski definition) is 1. The Kier molecular flexibility index (Phi) is 9.49. The average Bonchev–Trinajstić information content (AvgIpc) is 3.37. The molecule has 1 aliphatic rings. The van der Waals surface area contributed by atoms with E-state index in [2.05, 4.69) is 15.3 Å². The normalized spacial score (nSPS) is 17.4. The second-order valence-corrected chi connectivity index (χ2v) is 11.7. The monoisotopic (exact) mass is 592 g/mol. The van der Waals surface area contributed by atoms with E-state index >= 15 is 0 Å². The third-order valence-electron chi connectivity index (χ3n) is 6.65. The Hall–Kier alpha value is -3.71. The first-order valence-electron chi connectivity index (χ1n) is 13.1. The number of sulfone groups is 1. The second-order valence-electron chi connectivity index (χ2n) is 9.47. The molecule has 0 unspecified atom stereocenters. The van der Waals surface area contributed by atoms with Crippen LogP contribution < -0.4 is 15.0 Å². The lowest BCUT2D eigenvalue weighted by atomic mass is 10.2. The molecular weight excluding hydrogens is 561 g/mol. The van der Waals surface area contributed by atoms with Crippen LogP contribution in [0.25, 0.3) is 0 Å². The van der Waals surface area contributed by atoms with Gasteiger partial charge in [0.1, 0.15) is 11.9 Å². The Morgan fingerprint density at radius 3 is 2.29 bits per heavy atom. The summed E-state index contributed by atoms with van der Waals surface area (Å²) >= 11 is 0. The van der Waals surface area contributed by atoms with Gasteiger partial charge in [-0.3, -0.25) is 4.79 Å². The van der Waals surface area contributed by atoms with Gasteiger partial charge >= 0.3 is 6.18 Å². The molecule has 3 aromatic rings. The molecule has 2 atom stereocenters. The van der Waals surface area contributed by atoms with Crippen LogP contribution in [0.5, 0.6) is 5.75 Å². The molecule has 1 fully saturated rings. The minimum Gasteiger partial charge on any atom is -0.489 e. The summed E-state index contributed by atoms with van der Waals surface area (Å²) < 4.78 is 74.1. The molecule has 1 aromatic heterocycles. The van der Waals surface area contributed by atoms with E-state index in [9.17, 15) is 26.4 Å². The Bertz CT molecular complexity index is 1420. The topological polar surface area (TPSA) is 111 Å². The van der Waals surface area contributed by atoms with Crippen molar-refractivity contribution in [2.75, 3.05) is 30.4 Å². The van der Waals surface area contributed by atoms with Gasteiger partial charge in [0.05, 0.1) is 41.0 Å². The summed E-state index contributed by atoms with van der Waals surface area (Å²) in [6, 6.07) is 10.8. The number of anilines is 1. The van der Waals surface area contributed by atoms with Crippen LogP contribution in [0.15, 0.2) is 65.8 Å². The summed E-state index contributed by atoms with van der Waals surface area (Å²) in [5.41, 5.74) is 0.239. The molecule has 1 saturated heterocycles. The van der Waals surface area contributed by atoms with Crippen molar-refractivity contribution in [3.05, 3.63) is 77.6 Å². The Balaban J connectivity index is 1.38. The van der Waals surface area contributed by atoms with Crippen LogP contribution in [0.2, 0.25) is 0 Å². The fraction of sp³-hybridized carbons (Fsp3) is 0.393. The third kappa shape index (κ3) is 7.73. The maximum atomic E-state index is 12.9. The lowest BCUT2D eigenvalue weighted by molar-refractivity contribution is -0.137. The standard InChI is InChI=1S/C28H31F3N4O5S/c1-3-39-18-22-13-24(40-23-9-7-21(8-10-23)28(29,30)31)17-35(22)27-33-15-20(16-34-27)26(36)32-14-19-5-11-25(12-6-19)41(37,38)4-2/h5-12,15-16,22,24H,3-4,13-14,17-18H2,1-2H3,(H,32,36)/t22-,24+/m0/s1. The van der Waals surface area contributed by atoms with E-state index in [0.717, 1.165) is 17.7 Å². The molecule has 220 valence electrons. The molecule has 0 spiro atoms. The lowest BCUT2D eigenvalue weighted by Crippen LogP contribution is -2.35. The number of benzene rings is 2. The molecule has 0 bridgehead atoms. The molecule has 0 radical (unpaired) electrons. The highest BCUT2D eigenvalue weighted by atomic mass is 32.2. The number of carbonyl (C=O) groups excluding carboxylic acids is 1. The van der Waals surface area contributed by atoms with Crippen molar-refractivity contribution >= 4 is 21.7 Å². The number of aromatic nitrogens is 2. The smallest absolute Gasteiger partial charge is 0.416 e. The molecule has 1 aliphatic heterocycles. The first kappa shape index (κ1) is 30.3. The maximum absolute atomic E-state index is 12.9. The highest BCUT2D eigenvalue weighted by Crippen LogP contribution is 2.32. The highest BCUT2D eigenvalue weighted by Gasteiger charge is 2.36. The summed E-state index contributed by atoms with van der Waals surface area (Å²) in [5.74, 6) is 0.320. The number of nitrogens with one attached hydrogen (secondary N) is 1. The molecule has 0 saturated carbocycles. The molecule has 1 N–H and O–H groups in total. The highest BCUT2D eigenvalue weighted by molar-refractivity contribution is 7.91. The van der Waals surface area contributed by atoms with Crippen molar-refractivity contribution in [1.82, 2.24) is 15.3 Å². The fourth-order valence-corrected chi connectivity index (χ4v) is 5.27. The number of nitrogens with zero attached hydrogens (tertiary/aromatic N) is 3. The van der Waals surface area contributed by atoms with Crippen LogP contribution in [0, 0.1) is 0 Å². The van der Waals surface area contributed by atoms with E-state index < -0.39 is 27.5 Å². The molecule has 1 amide bonds. The van der Waals surface area contributed by atoms with Crippen LogP contribution >= 0.6 is 0 Å². The molecule has 9 nitrogen and oxygen atoms in total. The Labute approximate surface area is 236 Å². The van der Waals surface area contributed by atoms with E-state index in [-0.39, 0.29) is 34.9 Å². The van der Waals surface area contributed by atoms with Gasteiger partial charge in [-0.05, 0) is 48.9 Å². The zero-order valence-electron chi connectivity index (χ0n) is 22.6. The minimum atomic E-state index is -4.42. The summed E-state index contributed by atoms with van der Waals surface area (Å²) in [6.45, 7) is 4.92. The van der Waals surface area contributed by atoms with Crippen LogP contribution in [0.1, 0.15) is 41.8 Å². The van der Waals surface area contributed by atoms with Crippen molar-refractivity contribution in [2.24, 2.45) is 0 Å². The lowest BCUT2D eigenvalue weighted by Gasteiger charge is -2.23. The average molecular weight is 593 g/mol. The first-order chi connectivity index (χ1) is 19.5. The largest absolute Gasteiger partial charge is 0.489 e. The predicted octanol–water partition coefficient (Wildman–Crippen LogP) is 4.28. The van der Waals surface area contributed by atoms with Gasteiger partial charge in [0, 0.05) is 32.0 Å². The number of ether oxygens (including phenoxy) is 2. The summed E-state index contributed by atoms with van der Waals surface area (Å²) in [6.07, 6.45) is -1.38. The second kappa shape index (κ2) is 12.9. The van der Waals surface area contributed by atoms with Crippen molar-refractivity contribution in [2.45, 2.75) is 50.0 Å². The molecular formula is C28H31F3N4O5S. The number of alkyl halides is 3. The zero-order valence-corrected chi connectivity index (χ0v) is 23.4. The van der Waals surface area contributed by atoms with Gasteiger partial charge in [-0.2, -0.15) is 13.2 Å². The number of hydrogen-bond acceptors (Lipinski definition) is 8. The summed E-state index contributed by atoms with van der Waals surface area (Å²) in [4.78, 5) is 23.5. The quantitative estimate of drug-likeness (QED) is 0.351. The molecule has 41 heavy (non-hydrogen) atoms. The molecule has 13 heteroatoms. The van der Waals surface area contributed by atoms with Gasteiger partial charge in [-0.1, -0.05) is 19.1 Å². The van der Waals surface area contributed by atoms with E-state index in [0.29, 0.717) is 37.9 Å². The summed E-state index contributed by atoms with van der Waals surface area (Å²) in [7, 11) is -3.30. The van der Waals surface area contributed by atoms with Gasteiger partial charge in [0.2, 0.25) is 5.95 Å². The van der Waals surface area contributed by atoms with Crippen LogP contribution in [0.4, 0.5) is 19.1 Å². The number of rotatable bonds is 11. The Morgan fingerprint density at radius 1 is 1.05 bits per heavy atom. The maximum Gasteiger partial charge on any atom is 0.416 e. The predicted molar refractivity (Wildman–Crippen MR) is 145 cm³/mol. The van der Waals surface area contributed by atoms with Crippen LogP contribution in [0.3, 0.4) is 0 Å². The van der Waals surface area contributed by atoms with E-state index in [1.165, 1.54) is 36.7 Å². The zero-order chi connectivity index (χ0) is 29.6. The van der Waals surface area contributed by atoms with Crippen molar-refractivity contribution in [3.63, 3.8) is 0 Å². The van der Waals surface area contributed by atoms with Crippen LogP contribution in [-0.2, 0) is 27.3 Å². The van der Waals surface area contributed by atoms with Crippen molar-refractivity contribution < 1.29 is 35.9 Å². The van der Waals surface area contributed by atoms with E-state index in [4.69, 9.17) is 9.47 Å². The van der Waals surface area contributed by atoms with Crippen molar-refractivity contribution in [3.8, 4) is 5.75 Å². The number of halogens is 3. The van der Waals surface area contributed by atoms with Gasteiger partial charge in [0.25, 0.3) is 5.91 Å². The molecule has 2 heterocycles. The first-order valence-corrected chi connectivity index (χ1v) is 14.8. The third-order valence-corrected chi connectivity index (χ3v) is 8.40. The van der Waals surface area contributed by atoms with Gasteiger partial charge < -0.3 is 19.7 Å². The van der Waals surface area contributed by atoms with E-state index in [1.54, 1.807) is 19.1 Å². The minimum absolute atomic E-state index is 0.00964. The SMILES string of the molecule is CCOC[C@@H]1C[C@@H](Oc2ccc(C(F)(F)F)cc2)CN1c1ncc(C(=O)NCc2ccc(S(=O)(=O)CC)cc2)cn1. The van der Waals surface area contributed by atoms with Gasteiger partial charge in [-0.15, -0.1) is 0 Å². The molecule has 0 aliphatic carbocycles. The Morgan fingerprint density at radius 2 is 1.71 bits per heavy atom. The van der Waals surface area contributed by atoms with Gasteiger partial charge in [-0.25, -0.2) is 18.4 Å². The van der Waals surface area contributed by atoms with Crippen LogP contribution in [-0.4, -0.2) is 62.0 Å².